The Hall–Kier alpha value is -3.10. The van der Waals surface area contributed by atoms with Crippen LogP contribution in [0.2, 0.25) is 0 Å². The van der Waals surface area contributed by atoms with E-state index >= 15 is 0 Å². The smallest absolute Gasteiger partial charge is 0.231 e. The van der Waals surface area contributed by atoms with Crippen LogP contribution in [0.4, 0.5) is 0 Å². The third-order valence-electron chi connectivity index (χ3n) is 4.73. The van der Waals surface area contributed by atoms with Crippen molar-refractivity contribution in [2.75, 3.05) is 5.75 Å². The molecule has 158 valence electrons. The molecule has 0 fully saturated rings. The summed E-state index contributed by atoms with van der Waals surface area (Å²) in [5.41, 5.74) is 1.93. The summed E-state index contributed by atoms with van der Waals surface area (Å²) in [6, 6.07) is 15.7. The maximum absolute atomic E-state index is 12.8. The van der Waals surface area contributed by atoms with Crippen LogP contribution in [0.1, 0.15) is 22.2 Å². The van der Waals surface area contributed by atoms with Gasteiger partial charge in [0.1, 0.15) is 5.76 Å². The zero-order chi connectivity index (χ0) is 21.6. The van der Waals surface area contributed by atoms with Crippen LogP contribution >= 0.6 is 23.1 Å². The molecule has 3 heterocycles. The number of aromatic nitrogens is 3. The number of rotatable bonds is 9. The molecule has 0 unspecified atom stereocenters. The van der Waals surface area contributed by atoms with Crippen LogP contribution in [-0.4, -0.2) is 26.4 Å². The molecule has 1 aromatic carbocycles. The van der Waals surface area contributed by atoms with E-state index in [1.54, 1.807) is 23.7 Å². The first-order valence-electron chi connectivity index (χ1n) is 9.76. The number of allylic oxidation sites excluding steroid dienone is 1. The van der Waals surface area contributed by atoms with Crippen LogP contribution in [0.15, 0.2) is 82.4 Å². The molecule has 0 saturated carbocycles. The van der Waals surface area contributed by atoms with Gasteiger partial charge in [0, 0.05) is 11.4 Å². The fraction of sp³-hybridized carbons (Fsp3) is 0.174. The fourth-order valence-corrected chi connectivity index (χ4v) is 4.82. The number of amides is 1. The number of carbonyl (C=O) groups excluding carboxylic acids is 1. The zero-order valence-corrected chi connectivity index (χ0v) is 18.7. The van der Waals surface area contributed by atoms with Crippen molar-refractivity contribution < 1.29 is 9.21 Å². The number of benzene rings is 1. The summed E-state index contributed by atoms with van der Waals surface area (Å²) >= 11 is 2.98. The summed E-state index contributed by atoms with van der Waals surface area (Å²) in [6.45, 7) is 6.26. The fourth-order valence-electron chi connectivity index (χ4n) is 3.26. The molecule has 0 radical (unpaired) electrons. The molecule has 4 aromatic rings. The van der Waals surface area contributed by atoms with Gasteiger partial charge in [-0.2, -0.15) is 0 Å². The summed E-state index contributed by atoms with van der Waals surface area (Å²) in [6.07, 6.45) is 3.42. The van der Waals surface area contributed by atoms with E-state index in [4.69, 9.17) is 4.42 Å². The maximum atomic E-state index is 12.8. The summed E-state index contributed by atoms with van der Waals surface area (Å²) in [5.74, 6) is 1.64. The molecule has 0 bridgehead atoms. The lowest BCUT2D eigenvalue weighted by Gasteiger charge is -2.18. The summed E-state index contributed by atoms with van der Waals surface area (Å²) in [7, 11) is 0. The number of hydrogen-bond donors (Lipinski definition) is 1. The van der Waals surface area contributed by atoms with Crippen molar-refractivity contribution in [3.8, 4) is 11.4 Å². The predicted molar refractivity (Wildman–Crippen MR) is 124 cm³/mol. The summed E-state index contributed by atoms with van der Waals surface area (Å²) < 4.78 is 7.35. The SMILES string of the molecule is C=CCn1c(SCC(=O)N[C@@H](c2ccccc2)c2cccs2)nnc1-c1ccoc1C. The lowest BCUT2D eigenvalue weighted by molar-refractivity contribution is -0.119. The minimum atomic E-state index is -0.176. The van der Waals surface area contributed by atoms with E-state index in [2.05, 4.69) is 22.1 Å². The van der Waals surface area contributed by atoms with Crippen LogP contribution in [0, 0.1) is 6.92 Å². The first-order chi connectivity index (χ1) is 15.2. The molecule has 1 N–H and O–H groups in total. The van der Waals surface area contributed by atoms with Crippen LogP contribution in [0.25, 0.3) is 11.4 Å². The number of thioether (sulfide) groups is 1. The van der Waals surface area contributed by atoms with E-state index in [0.29, 0.717) is 17.5 Å². The number of nitrogens with zero attached hydrogens (tertiary/aromatic N) is 3. The molecule has 0 spiro atoms. The Bertz CT molecular complexity index is 1150. The Morgan fingerprint density at radius 2 is 2.10 bits per heavy atom. The minimum Gasteiger partial charge on any atom is -0.469 e. The molecule has 6 nitrogen and oxygen atoms in total. The third kappa shape index (κ3) is 4.81. The van der Waals surface area contributed by atoms with Crippen molar-refractivity contribution in [3.63, 3.8) is 0 Å². The predicted octanol–water partition coefficient (Wildman–Crippen LogP) is 5.09. The zero-order valence-electron chi connectivity index (χ0n) is 17.0. The lowest BCUT2D eigenvalue weighted by atomic mass is 10.1. The average molecular weight is 451 g/mol. The van der Waals surface area contributed by atoms with Gasteiger partial charge in [-0.25, -0.2) is 0 Å². The summed E-state index contributed by atoms with van der Waals surface area (Å²) in [5, 5.41) is 14.5. The largest absolute Gasteiger partial charge is 0.469 e. The van der Waals surface area contributed by atoms with Gasteiger partial charge in [-0.05, 0) is 30.0 Å². The van der Waals surface area contributed by atoms with Gasteiger partial charge in [-0.15, -0.1) is 28.1 Å². The van der Waals surface area contributed by atoms with E-state index in [-0.39, 0.29) is 17.7 Å². The molecule has 31 heavy (non-hydrogen) atoms. The van der Waals surface area contributed by atoms with Gasteiger partial charge < -0.3 is 9.73 Å². The van der Waals surface area contributed by atoms with E-state index in [1.165, 1.54) is 11.8 Å². The highest BCUT2D eigenvalue weighted by Crippen LogP contribution is 2.28. The van der Waals surface area contributed by atoms with Gasteiger partial charge in [0.25, 0.3) is 0 Å². The van der Waals surface area contributed by atoms with Crippen molar-refractivity contribution in [1.82, 2.24) is 20.1 Å². The van der Waals surface area contributed by atoms with Gasteiger partial charge in [0.15, 0.2) is 11.0 Å². The standard InChI is InChI=1S/C23H22N4O2S2/c1-3-12-27-22(18-11-13-29-16(18)2)25-26-23(27)31-15-20(28)24-21(19-10-7-14-30-19)17-8-5-4-6-9-17/h3-11,13-14,21H,1,12,15H2,2H3,(H,24,28)/t21-/m0/s1. The van der Waals surface area contributed by atoms with E-state index in [9.17, 15) is 4.79 Å². The number of furan rings is 1. The molecule has 8 heteroatoms. The Balaban J connectivity index is 1.49. The lowest BCUT2D eigenvalue weighted by Crippen LogP contribution is -2.30. The van der Waals surface area contributed by atoms with Crippen LogP contribution < -0.4 is 5.32 Å². The highest BCUT2D eigenvalue weighted by molar-refractivity contribution is 7.99. The molecule has 1 amide bonds. The van der Waals surface area contributed by atoms with Crippen molar-refractivity contribution in [2.45, 2.75) is 24.7 Å². The first-order valence-corrected chi connectivity index (χ1v) is 11.6. The Morgan fingerprint density at radius 3 is 2.77 bits per heavy atom. The first kappa shape index (κ1) is 21.1. The topological polar surface area (TPSA) is 73.0 Å². The van der Waals surface area contributed by atoms with Gasteiger partial charge >= 0.3 is 0 Å². The Morgan fingerprint density at radius 1 is 1.26 bits per heavy atom. The number of nitrogens with one attached hydrogen (secondary N) is 1. The van der Waals surface area contributed by atoms with Gasteiger partial charge in [0.2, 0.25) is 5.91 Å². The van der Waals surface area contributed by atoms with Crippen molar-refractivity contribution in [1.29, 1.82) is 0 Å². The van der Waals surface area contributed by atoms with Crippen LogP contribution in [0.5, 0.6) is 0 Å². The molecule has 3 aromatic heterocycles. The molecule has 0 saturated heterocycles. The van der Waals surface area contributed by atoms with E-state index in [0.717, 1.165) is 21.8 Å². The highest BCUT2D eigenvalue weighted by atomic mass is 32.2. The number of hydrogen-bond acceptors (Lipinski definition) is 6. The molecular weight excluding hydrogens is 428 g/mol. The Labute approximate surface area is 189 Å². The second-order valence-electron chi connectivity index (χ2n) is 6.81. The maximum Gasteiger partial charge on any atom is 0.231 e. The van der Waals surface area contributed by atoms with Gasteiger partial charge in [0.05, 0.1) is 23.6 Å². The molecule has 4 rings (SSSR count). The van der Waals surface area contributed by atoms with Crippen molar-refractivity contribution >= 4 is 29.0 Å². The quantitative estimate of drug-likeness (QED) is 0.284. The molecule has 0 aliphatic carbocycles. The normalized spacial score (nSPS) is 11.9. The molecule has 0 aliphatic rings. The summed E-state index contributed by atoms with van der Waals surface area (Å²) in [4.78, 5) is 13.9. The number of carbonyl (C=O) groups is 1. The third-order valence-corrected chi connectivity index (χ3v) is 6.63. The second-order valence-corrected chi connectivity index (χ2v) is 8.73. The molecule has 0 aliphatic heterocycles. The van der Waals surface area contributed by atoms with E-state index in [1.807, 2.05) is 65.4 Å². The monoisotopic (exact) mass is 450 g/mol. The minimum absolute atomic E-state index is 0.0681. The Kier molecular flexibility index (Phi) is 6.69. The van der Waals surface area contributed by atoms with Crippen LogP contribution in [-0.2, 0) is 11.3 Å². The molecule has 1 atom stereocenters. The van der Waals surface area contributed by atoms with Gasteiger partial charge in [-0.1, -0.05) is 54.2 Å². The van der Waals surface area contributed by atoms with E-state index < -0.39 is 0 Å². The second kappa shape index (κ2) is 9.80. The van der Waals surface area contributed by atoms with Crippen LogP contribution in [0.3, 0.4) is 0 Å². The van der Waals surface area contributed by atoms with Crippen molar-refractivity contribution in [2.24, 2.45) is 0 Å². The highest BCUT2D eigenvalue weighted by Gasteiger charge is 2.20. The number of aryl methyl sites for hydroxylation is 1. The number of thiophene rings is 1. The average Bonchev–Trinajstić information content (AvgIpc) is 3.53. The van der Waals surface area contributed by atoms with Gasteiger partial charge in [-0.3, -0.25) is 9.36 Å². The molecular formula is C23H22N4O2S2. The van der Waals surface area contributed by atoms with Crippen molar-refractivity contribution in [3.05, 3.63) is 89.0 Å².